The van der Waals surface area contributed by atoms with E-state index in [9.17, 15) is 5.11 Å². The van der Waals surface area contributed by atoms with E-state index in [1.807, 2.05) is 0 Å². The standard InChI is InChI=1S/C17H27NO/c1-5-15-6-8-16(9-7-15)11-17(19)10-14(3)18(4)12-13(17)2/h6-9,13-14,19H,5,10-12H2,1-4H3/p+1/t13-,14-,17-/m0/s1. The SMILES string of the molecule is CCc1ccc(C[C@@]2(O)C[C@H](C)[NH+](C)C[C@@H]2C)cc1. The summed E-state index contributed by atoms with van der Waals surface area (Å²) in [6.07, 6.45) is 2.76. The first-order valence-corrected chi connectivity index (χ1v) is 7.57. The third-order valence-corrected chi connectivity index (χ3v) is 4.99. The number of nitrogens with one attached hydrogen (secondary N) is 1. The minimum atomic E-state index is -0.535. The van der Waals surface area contributed by atoms with Crippen molar-refractivity contribution in [1.29, 1.82) is 0 Å². The number of piperidine rings is 1. The molecule has 1 heterocycles. The number of aryl methyl sites for hydroxylation is 1. The van der Waals surface area contributed by atoms with E-state index in [1.165, 1.54) is 11.1 Å². The summed E-state index contributed by atoms with van der Waals surface area (Å²) in [5.41, 5.74) is 2.09. The Balaban J connectivity index is 2.11. The highest BCUT2D eigenvalue weighted by molar-refractivity contribution is 5.24. The van der Waals surface area contributed by atoms with Crippen LogP contribution < -0.4 is 4.90 Å². The topological polar surface area (TPSA) is 24.7 Å². The van der Waals surface area contributed by atoms with Gasteiger partial charge < -0.3 is 10.0 Å². The van der Waals surface area contributed by atoms with Crippen LogP contribution in [0.4, 0.5) is 0 Å². The normalized spacial score (nSPS) is 35.3. The summed E-state index contributed by atoms with van der Waals surface area (Å²) < 4.78 is 0. The molecular formula is C17H28NO+. The van der Waals surface area contributed by atoms with Gasteiger partial charge in [-0.25, -0.2) is 0 Å². The van der Waals surface area contributed by atoms with Crippen molar-refractivity contribution < 1.29 is 10.0 Å². The molecule has 1 fully saturated rings. The Morgan fingerprint density at radius 1 is 1.21 bits per heavy atom. The molecule has 1 aromatic carbocycles. The fourth-order valence-electron chi connectivity index (χ4n) is 3.27. The van der Waals surface area contributed by atoms with Gasteiger partial charge in [0.05, 0.1) is 25.2 Å². The van der Waals surface area contributed by atoms with Crippen LogP contribution in [0.2, 0.25) is 0 Å². The summed E-state index contributed by atoms with van der Waals surface area (Å²) >= 11 is 0. The van der Waals surface area contributed by atoms with Crippen LogP contribution >= 0.6 is 0 Å². The van der Waals surface area contributed by atoms with Gasteiger partial charge in [-0.3, -0.25) is 0 Å². The van der Waals surface area contributed by atoms with Crippen LogP contribution in [0.25, 0.3) is 0 Å². The number of hydrogen-bond acceptors (Lipinski definition) is 1. The van der Waals surface area contributed by atoms with Gasteiger partial charge in [0.15, 0.2) is 0 Å². The lowest BCUT2D eigenvalue weighted by atomic mass is 9.75. The van der Waals surface area contributed by atoms with Gasteiger partial charge in [-0.15, -0.1) is 0 Å². The maximum Gasteiger partial charge on any atom is 0.0872 e. The lowest BCUT2D eigenvalue weighted by molar-refractivity contribution is -0.916. The highest BCUT2D eigenvalue weighted by Gasteiger charge is 2.43. The van der Waals surface area contributed by atoms with Crippen LogP contribution in [0, 0.1) is 5.92 Å². The molecule has 2 heteroatoms. The zero-order chi connectivity index (χ0) is 14.0. The average molecular weight is 262 g/mol. The maximum atomic E-state index is 11.0. The summed E-state index contributed by atoms with van der Waals surface area (Å²) in [4.78, 5) is 1.54. The Hall–Kier alpha value is -0.860. The highest BCUT2D eigenvalue weighted by Crippen LogP contribution is 2.29. The molecule has 106 valence electrons. The molecule has 1 aliphatic rings. The molecule has 0 aliphatic carbocycles. The Labute approximate surface area is 117 Å². The zero-order valence-corrected chi connectivity index (χ0v) is 12.7. The fraction of sp³-hybridized carbons (Fsp3) is 0.647. The van der Waals surface area contributed by atoms with Crippen LogP contribution in [0.15, 0.2) is 24.3 Å². The molecule has 1 aromatic rings. The van der Waals surface area contributed by atoms with Crippen molar-refractivity contribution in [2.75, 3.05) is 13.6 Å². The molecule has 2 N–H and O–H groups in total. The molecule has 0 aromatic heterocycles. The first-order chi connectivity index (χ1) is 8.94. The van der Waals surface area contributed by atoms with E-state index in [2.05, 4.69) is 52.1 Å². The number of hydrogen-bond donors (Lipinski definition) is 2. The van der Waals surface area contributed by atoms with Crippen molar-refractivity contribution in [2.45, 2.75) is 51.7 Å². The molecule has 2 nitrogen and oxygen atoms in total. The molecular weight excluding hydrogens is 234 g/mol. The Kier molecular flexibility index (Phi) is 4.32. The van der Waals surface area contributed by atoms with Crippen molar-refractivity contribution in [3.63, 3.8) is 0 Å². The molecule has 1 saturated heterocycles. The van der Waals surface area contributed by atoms with E-state index in [-0.39, 0.29) is 0 Å². The molecule has 1 unspecified atom stereocenters. The highest BCUT2D eigenvalue weighted by atomic mass is 16.3. The number of rotatable bonds is 3. The van der Waals surface area contributed by atoms with Crippen molar-refractivity contribution >= 4 is 0 Å². The van der Waals surface area contributed by atoms with Crippen LogP contribution in [0.5, 0.6) is 0 Å². The lowest BCUT2D eigenvalue weighted by Gasteiger charge is -2.43. The zero-order valence-electron chi connectivity index (χ0n) is 12.7. The Bertz CT molecular complexity index is 414. The van der Waals surface area contributed by atoms with Crippen molar-refractivity contribution in [3.05, 3.63) is 35.4 Å². The molecule has 0 amide bonds. The van der Waals surface area contributed by atoms with Crippen molar-refractivity contribution in [2.24, 2.45) is 5.92 Å². The second-order valence-corrected chi connectivity index (χ2v) is 6.51. The van der Waals surface area contributed by atoms with Gasteiger partial charge in [-0.2, -0.15) is 0 Å². The smallest absolute Gasteiger partial charge is 0.0872 e. The second kappa shape index (κ2) is 5.64. The summed E-state index contributed by atoms with van der Waals surface area (Å²) in [5, 5.41) is 11.0. The first kappa shape index (κ1) is 14.5. The monoisotopic (exact) mass is 262 g/mol. The number of benzene rings is 1. The summed E-state index contributed by atoms with van der Waals surface area (Å²) in [5.74, 6) is 0.356. The maximum absolute atomic E-state index is 11.0. The van der Waals surface area contributed by atoms with Crippen molar-refractivity contribution in [1.82, 2.24) is 0 Å². The van der Waals surface area contributed by atoms with E-state index in [0.29, 0.717) is 12.0 Å². The van der Waals surface area contributed by atoms with E-state index in [4.69, 9.17) is 0 Å². The third-order valence-electron chi connectivity index (χ3n) is 4.99. The first-order valence-electron chi connectivity index (χ1n) is 7.57. The summed E-state index contributed by atoms with van der Waals surface area (Å²) in [6, 6.07) is 9.27. The van der Waals surface area contributed by atoms with Crippen LogP contribution in [0.1, 0.15) is 38.3 Å². The molecule has 1 aliphatic heterocycles. The average Bonchev–Trinajstić information content (AvgIpc) is 2.37. The van der Waals surface area contributed by atoms with E-state index in [0.717, 1.165) is 25.8 Å². The predicted octanol–water partition coefficient (Wildman–Crippen LogP) is 1.47. The summed E-state index contributed by atoms with van der Waals surface area (Å²) in [6.45, 7) is 7.67. The number of quaternary nitrogens is 1. The van der Waals surface area contributed by atoms with Gasteiger partial charge in [-0.1, -0.05) is 38.1 Å². The van der Waals surface area contributed by atoms with Gasteiger partial charge in [0.25, 0.3) is 0 Å². The molecule has 0 bridgehead atoms. The third kappa shape index (κ3) is 3.18. The largest absolute Gasteiger partial charge is 0.389 e. The van der Waals surface area contributed by atoms with Gasteiger partial charge in [0.1, 0.15) is 0 Å². The Morgan fingerprint density at radius 3 is 2.37 bits per heavy atom. The van der Waals surface area contributed by atoms with E-state index < -0.39 is 5.60 Å². The van der Waals surface area contributed by atoms with Gasteiger partial charge in [-0.05, 0) is 24.5 Å². The predicted molar refractivity (Wildman–Crippen MR) is 79.5 cm³/mol. The molecule has 0 spiro atoms. The van der Waals surface area contributed by atoms with Gasteiger partial charge in [0.2, 0.25) is 0 Å². The number of aliphatic hydroxyl groups is 1. The summed E-state index contributed by atoms with van der Waals surface area (Å²) in [7, 11) is 2.23. The minimum Gasteiger partial charge on any atom is -0.389 e. The molecule has 2 rings (SSSR count). The molecule has 4 atom stereocenters. The molecule has 0 radical (unpaired) electrons. The van der Waals surface area contributed by atoms with Crippen LogP contribution in [-0.2, 0) is 12.8 Å². The van der Waals surface area contributed by atoms with E-state index in [1.54, 1.807) is 4.90 Å². The lowest BCUT2D eigenvalue weighted by Crippen LogP contribution is -3.15. The molecule has 0 saturated carbocycles. The van der Waals surface area contributed by atoms with E-state index >= 15 is 0 Å². The molecule has 19 heavy (non-hydrogen) atoms. The van der Waals surface area contributed by atoms with Crippen LogP contribution in [0.3, 0.4) is 0 Å². The van der Waals surface area contributed by atoms with Gasteiger partial charge in [0, 0.05) is 18.8 Å². The van der Waals surface area contributed by atoms with Crippen molar-refractivity contribution in [3.8, 4) is 0 Å². The Morgan fingerprint density at radius 2 is 1.79 bits per heavy atom. The second-order valence-electron chi connectivity index (χ2n) is 6.51. The minimum absolute atomic E-state index is 0.356. The quantitative estimate of drug-likeness (QED) is 0.847. The van der Waals surface area contributed by atoms with Crippen LogP contribution in [-0.4, -0.2) is 30.3 Å². The van der Waals surface area contributed by atoms with Gasteiger partial charge >= 0.3 is 0 Å². The number of likely N-dealkylation sites (tertiary alicyclic amines) is 1. The fourth-order valence-corrected chi connectivity index (χ4v) is 3.27.